The van der Waals surface area contributed by atoms with Gasteiger partial charge in [-0.25, -0.2) is 0 Å². The van der Waals surface area contributed by atoms with Crippen LogP contribution in [0.2, 0.25) is 0 Å². The normalized spacial score (nSPS) is 24.1. The van der Waals surface area contributed by atoms with Crippen LogP contribution in [0.25, 0.3) is 0 Å². The molecule has 3 atom stereocenters. The van der Waals surface area contributed by atoms with Gasteiger partial charge in [0.2, 0.25) is 0 Å². The van der Waals surface area contributed by atoms with Crippen molar-refractivity contribution in [3.8, 4) is 0 Å². The van der Waals surface area contributed by atoms with Gasteiger partial charge in [-0.15, -0.1) is 0 Å². The van der Waals surface area contributed by atoms with Gasteiger partial charge in [0.1, 0.15) is 0 Å². The van der Waals surface area contributed by atoms with E-state index in [1.807, 2.05) is 6.07 Å². The second kappa shape index (κ2) is 5.63. The van der Waals surface area contributed by atoms with E-state index in [2.05, 4.69) is 58.9 Å². The average molecular weight is 271 g/mol. The molecule has 1 aromatic rings. The van der Waals surface area contributed by atoms with E-state index in [0.717, 1.165) is 5.69 Å². The van der Waals surface area contributed by atoms with Crippen molar-refractivity contribution in [3.05, 3.63) is 41.5 Å². The summed E-state index contributed by atoms with van der Waals surface area (Å²) in [7, 11) is 0. The van der Waals surface area contributed by atoms with Crippen molar-refractivity contribution in [3.63, 3.8) is 0 Å². The number of allylic oxidation sites excluding steroid dienone is 2. The first kappa shape index (κ1) is 15.2. The SMILES string of the molecule is CCC(C)(C)C(C)C1CC=CC1c1cc(N)ccc1C. The minimum atomic E-state index is 0.392. The Morgan fingerprint density at radius 1 is 1.35 bits per heavy atom. The van der Waals surface area contributed by atoms with E-state index in [1.165, 1.54) is 24.0 Å². The van der Waals surface area contributed by atoms with E-state index in [1.54, 1.807) is 0 Å². The fourth-order valence-electron chi connectivity index (χ4n) is 3.44. The third-order valence-corrected chi connectivity index (χ3v) is 5.66. The smallest absolute Gasteiger partial charge is 0.0317 e. The average Bonchev–Trinajstić information content (AvgIpc) is 2.89. The van der Waals surface area contributed by atoms with Crippen molar-refractivity contribution in [1.29, 1.82) is 0 Å². The molecule has 2 N–H and O–H groups in total. The molecule has 1 aromatic carbocycles. The number of nitrogens with two attached hydrogens (primary N) is 1. The van der Waals surface area contributed by atoms with Gasteiger partial charge in [-0.3, -0.25) is 0 Å². The van der Waals surface area contributed by atoms with Crippen LogP contribution in [-0.2, 0) is 0 Å². The van der Waals surface area contributed by atoms with Crippen LogP contribution in [0.3, 0.4) is 0 Å². The molecule has 0 spiro atoms. The molecule has 0 saturated carbocycles. The van der Waals surface area contributed by atoms with E-state index in [-0.39, 0.29) is 0 Å². The summed E-state index contributed by atoms with van der Waals surface area (Å²) in [5.41, 5.74) is 10.1. The van der Waals surface area contributed by atoms with Gasteiger partial charge in [-0.05, 0) is 53.9 Å². The van der Waals surface area contributed by atoms with E-state index in [4.69, 9.17) is 5.73 Å². The number of nitrogen functional groups attached to an aromatic ring is 1. The Morgan fingerprint density at radius 3 is 2.70 bits per heavy atom. The van der Waals surface area contributed by atoms with E-state index in [9.17, 15) is 0 Å². The molecular weight excluding hydrogens is 242 g/mol. The Kier molecular flexibility index (Phi) is 4.27. The van der Waals surface area contributed by atoms with Gasteiger partial charge in [0.25, 0.3) is 0 Å². The lowest BCUT2D eigenvalue weighted by molar-refractivity contribution is 0.145. The van der Waals surface area contributed by atoms with Crippen LogP contribution in [-0.4, -0.2) is 0 Å². The fraction of sp³-hybridized carbons (Fsp3) is 0.579. The van der Waals surface area contributed by atoms with Crippen molar-refractivity contribution >= 4 is 5.69 Å². The van der Waals surface area contributed by atoms with Gasteiger partial charge in [-0.1, -0.05) is 52.3 Å². The second-order valence-electron chi connectivity index (χ2n) is 7.10. The lowest BCUT2D eigenvalue weighted by Gasteiger charge is -2.38. The number of rotatable bonds is 4. The molecule has 0 fully saturated rings. The van der Waals surface area contributed by atoms with Gasteiger partial charge in [0.05, 0.1) is 0 Å². The molecule has 0 heterocycles. The predicted molar refractivity (Wildman–Crippen MR) is 88.8 cm³/mol. The zero-order chi connectivity index (χ0) is 14.9. The summed E-state index contributed by atoms with van der Waals surface area (Å²) in [5, 5.41) is 0. The molecule has 20 heavy (non-hydrogen) atoms. The lowest BCUT2D eigenvalue weighted by Crippen LogP contribution is -2.29. The van der Waals surface area contributed by atoms with Crippen molar-refractivity contribution < 1.29 is 0 Å². The predicted octanol–water partition coefficient (Wildman–Crippen LogP) is 5.31. The molecule has 1 heteroatoms. The van der Waals surface area contributed by atoms with Crippen molar-refractivity contribution in [2.75, 3.05) is 5.73 Å². The summed E-state index contributed by atoms with van der Waals surface area (Å²) >= 11 is 0. The van der Waals surface area contributed by atoms with Crippen LogP contribution in [0.5, 0.6) is 0 Å². The molecule has 1 aliphatic rings. The van der Waals surface area contributed by atoms with Crippen molar-refractivity contribution in [2.24, 2.45) is 17.3 Å². The van der Waals surface area contributed by atoms with Crippen molar-refractivity contribution in [1.82, 2.24) is 0 Å². The first-order chi connectivity index (χ1) is 9.36. The number of aryl methyl sites for hydroxylation is 1. The molecule has 1 nitrogen and oxygen atoms in total. The van der Waals surface area contributed by atoms with Gasteiger partial charge in [0.15, 0.2) is 0 Å². The van der Waals surface area contributed by atoms with Crippen LogP contribution >= 0.6 is 0 Å². The molecule has 0 bridgehead atoms. The third-order valence-electron chi connectivity index (χ3n) is 5.66. The Morgan fingerprint density at radius 2 is 2.05 bits per heavy atom. The minimum absolute atomic E-state index is 0.392. The Hall–Kier alpha value is -1.24. The quantitative estimate of drug-likeness (QED) is 0.583. The summed E-state index contributed by atoms with van der Waals surface area (Å²) in [6, 6.07) is 6.34. The monoisotopic (exact) mass is 271 g/mol. The van der Waals surface area contributed by atoms with Crippen LogP contribution in [0.1, 0.15) is 57.6 Å². The summed E-state index contributed by atoms with van der Waals surface area (Å²) in [4.78, 5) is 0. The molecule has 3 unspecified atom stereocenters. The number of hydrogen-bond acceptors (Lipinski definition) is 1. The molecule has 0 amide bonds. The largest absolute Gasteiger partial charge is 0.399 e. The minimum Gasteiger partial charge on any atom is -0.399 e. The van der Waals surface area contributed by atoms with Gasteiger partial charge in [0, 0.05) is 11.6 Å². The summed E-state index contributed by atoms with van der Waals surface area (Å²) in [6.07, 6.45) is 7.19. The Balaban J connectivity index is 2.31. The Bertz CT molecular complexity index is 498. The lowest BCUT2D eigenvalue weighted by atomic mass is 9.67. The Labute approximate surface area is 124 Å². The molecule has 0 radical (unpaired) electrons. The summed E-state index contributed by atoms with van der Waals surface area (Å²) < 4.78 is 0. The third kappa shape index (κ3) is 2.77. The molecule has 110 valence electrons. The topological polar surface area (TPSA) is 26.0 Å². The van der Waals surface area contributed by atoms with Gasteiger partial charge < -0.3 is 5.73 Å². The fourth-order valence-corrected chi connectivity index (χ4v) is 3.44. The zero-order valence-electron chi connectivity index (χ0n) is 13.6. The van der Waals surface area contributed by atoms with Crippen LogP contribution in [0.4, 0.5) is 5.69 Å². The molecule has 0 saturated heterocycles. The number of hydrogen-bond donors (Lipinski definition) is 1. The molecule has 0 aliphatic heterocycles. The highest BCUT2D eigenvalue weighted by Crippen LogP contribution is 2.47. The van der Waals surface area contributed by atoms with Crippen LogP contribution in [0.15, 0.2) is 30.4 Å². The summed E-state index contributed by atoms with van der Waals surface area (Å²) in [5.74, 6) is 1.93. The highest BCUT2D eigenvalue weighted by molar-refractivity contribution is 5.47. The molecule has 0 aromatic heterocycles. The van der Waals surface area contributed by atoms with Gasteiger partial charge in [-0.2, -0.15) is 0 Å². The van der Waals surface area contributed by atoms with Crippen LogP contribution in [0, 0.1) is 24.2 Å². The number of benzene rings is 1. The second-order valence-corrected chi connectivity index (χ2v) is 7.10. The van der Waals surface area contributed by atoms with E-state index < -0.39 is 0 Å². The zero-order valence-corrected chi connectivity index (χ0v) is 13.6. The first-order valence-electron chi connectivity index (χ1n) is 7.89. The van der Waals surface area contributed by atoms with Crippen LogP contribution < -0.4 is 5.73 Å². The highest BCUT2D eigenvalue weighted by Gasteiger charge is 2.36. The maximum atomic E-state index is 6.00. The molecule has 1 aliphatic carbocycles. The molecular formula is C19H29N. The van der Waals surface area contributed by atoms with Crippen molar-refractivity contribution in [2.45, 2.75) is 53.4 Å². The maximum absolute atomic E-state index is 6.00. The summed E-state index contributed by atoms with van der Waals surface area (Å²) in [6.45, 7) is 11.7. The van der Waals surface area contributed by atoms with E-state index in [0.29, 0.717) is 23.2 Å². The highest BCUT2D eigenvalue weighted by atomic mass is 14.5. The van der Waals surface area contributed by atoms with Gasteiger partial charge >= 0.3 is 0 Å². The standard InChI is InChI=1S/C19H29N/c1-6-19(4,5)14(3)16-8-7-9-17(16)18-12-15(20)11-10-13(18)2/h7,9-12,14,16-17H,6,8,20H2,1-5H3. The molecule has 2 rings (SSSR count). The maximum Gasteiger partial charge on any atom is 0.0317 e. The first-order valence-corrected chi connectivity index (χ1v) is 7.89. The number of anilines is 1. The van der Waals surface area contributed by atoms with E-state index >= 15 is 0 Å².